The van der Waals surface area contributed by atoms with Gasteiger partial charge in [-0.1, -0.05) is 42.2 Å². The van der Waals surface area contributed by atoms with Crippen LogP contribution in [0.5, 0.6) is 5.75 Å². The van der Waals surface area contributed by atoms with Gasteiger partial charge in [0.2, 0.25) is 0 Å². The first-order valence-corrected chi connectivity index (χ1v) is 7.86. The summed E-state index contributed by atoms with van der Waals surface area (Å²) in [7, 11) is 1.37. The number of methoxy groups -OCH3 is 1. The van der Waals surface area contributed by atoms with Crippen LogP contribution in [0.4, 0.5) is 10.5 Å². The molecule has 0 unspecified atom stereocenters. The minimum absolute atomic E-state index is 0.137. The summed E-state index contributed by atoms with van der Waals surface area (Å²) in [6.45, 7) is 0.521. The van der Waals surface area contributed by atoms with Crippen molar-refractivity contribution in [3.8, 4) is 17.6 Å². The summed E-state index contributed by atoms with van der Waals surface area (Å²) in [5.41, 5.74) is 1.27. The highest BCUT2D eigenvalue weighted by Gasteiger charge is 2.14. The average molecular weight is 354 g/mol. The van der Waals surface area contributed by atoms with E-state index in [1.54, 1.807) is 6.07 Å². The van der Waals surface area contributed by atoms with Crippen molar-refractivity contribution in [2.75, 3.05) is 13.7 Å². The molecule has 0 aromatic heterocycles. The van der Waals surface area contributed by atoms with Crippen molar-refractivity contribution in [1.82, 2.24) is 5.32 Å². The first-order chi connectivity index (χ1) is 12.6. The zero-order valence-electron chi connectivity index (χ0n) is 14.2. The number of nitro groups is 1. The number of alkyl carbamates (subject to hydrolysis) is 1. The van der Waals surface area contributed by atoms with Crippen LogP contribution >= 0.6 is 0 Å². The van der Waals surface area contributed by atoms with E-state index in [1.165, 1.54) is 19.2 Å². The summed E-state index contributed by atoms with van der Waals surface area (Å²) >= 11 is 0. The Labute approximate surface area is 151 Å². The number of ether oxygens (including phenoxy) is 2. The number of nitrogens with one attached hydrogen (secondary N) is 1. The Morgan fingerprint density at radius 2 is 2.00 bits per heavy atom. The minimum atomic E-state index is -0.520. The zero-order valence-corrected chi connectivity index (χ0v) is 14.2. The van der Waals surface area contributed by atoms with E-state index in [1.807, 2.05) is 30.3 Å². The quantitative estimate of drug-likeness (QED) is 0.372. The van der Waals surface area contributed by atoms with Crippen molar-refractivity contribution in [2.24, 2.45) is 0 Å². The maximum Gasteiger partial charge on any atom is 0.407 e. The van der Waals surface area contributed by atoms with Crippen LogP contribution in [0.2, 0.25) is 0 Å². The molecule has 0 aliphatic carbocycles. The van der Waals surface area contributed by atoms with Gasteiger partial charge in [-0.05, 0) is 17.7 Å². The molecule has 0 saturated carbocycles. The van der Waals surface area contributed by atoms with E-state index in [0.717, 1.165) is 5.56 Å². The number of amides is 1. The van der Waals surface area contributed by atoms with Crippen molar-refractivity contribution in [3.05, 3.63) is 69.8 Å². The number of hydrogen-bond donors (Lipinski definition) is 1. The van der Waals surface area contributed by atoms with Crippen molar-refractivity contribution in [3.63, 3.8) is 0 Å². The van der Waals surface area contributed by atoms with E-state index in [0.29, 0.717) is 18.5 Å². The Balaban J connectivity index is 1.77. The summed E-state index contributed by atoms with van der Waals surface area (Å²) in [6.07, 6.45) is -0.129. The second kappa shape index (κ2) is 9.69. The van der Waals surface area contributed by atoms with Crippen LogP contribution in [0.1, 0.15) is 17.5 Å². The van der Waals surface area contributed by atoms with Crippen molar-refractivity contribution >= 4 is 11.8 Å². The molecule has 0 fully saturated rings. The normalized spacial score (nSPS) is 9.58. The van der Waals surface area contributed by atoms with Crippen LogP contribution in [-0.2, 0) is 11.3 Å². The standard InChI is InChI=1S/C19H18N2O5/c1-25-18-11-10-15(13-17(18)21(23)24)7-5-6-12-20-19(22)26-14-16-8-3-2-4-9-16/h2-4,8-11,13H,6,12,14H2,1H3,(H,20,22). The van der Waals surface area contributed by atoms with Crippen molar-refractivity contribution in [2.45, 2.75) is 13.0 Å². The molecular weight excluding hydrogens is 336 g/mol. The monoisotopic (exact) mass is 354 g/mol. The molecule has 0 saturated heterocycles. The van der Waals surface area contributed by atoms with Gasteiger partial charge in [0.05, 0.1) is 12.0 Å². The second-order valence-electron chi connectivity index (χ2n) is 5.18. The van der Waals surface area contributed by atoms with E-state index in [4.69, 9.17) is 9.47 Å². The van der Waals surface area contributed by atoms with Gasteiger partial charge in [-0.15, -0.1) is 0 Å². The van der Waals surface area contributed by atoms with Gasteiger partial charge in [-0.3, -0.25) is 10.1 Å². The zero-order chi connectivity index (χ0) is 18.8. The molecule has 2 aromatic rings. The first kappa shape index (κ1) is 18.8. The van der Waals surface area contributed by atoms with Gasteiger partial charge in [-0.2, -0.15) is 0 Å². The van der Waals surface area contributed by atoms with Crippen LogP contribution in [0.25, 0.3) is 0 Å². The Bertz CT molecular complexity index is 825. The summed E-state index contributed by atoms with van der Waals surface area (Å²) in [5, 5.41) is 13.6. The molecule has 0 aliphatic rings. The predicted molar refractivity (Wildman–Crippen MR) is 95.8 cm³/mol. The van der Waals surface area contributed by atoms with Crippen molar-refractivity contribution < 1.29 is 19.2 Å². The highest BCUT2D eigenvalue weighted by atomic mass is 16.6. The smallest absolute Gasteiger partial charge is 0.407 e. The third kappa shape index (κ3) is 5.83. The Kier molecular flexibility index (Phi) is 7.01. The molecule has 0 spiro atoms. The molecule has 0 radical (unpaired) electrons. The van der Waals surface area contributed by atoms with Crippen LogP contribution in [0.3, 0.4) is 0 Å². The largest absolute Gasteiger partial charge is 0.490 e. The lowest BCUT2D eigenvalue weighted by atomic mass is 10.2. The molecule has 0 aliphatic heterocycles. The SMILES string of the molecule is COc1ccc(C#CCCNC(=O)OCc2ccccc2)cc1[N+](=O)[O-]. The highest BCUT2D eigenvalue weighted by Crippen LogP contribution is 2.27. The lowest BCUT2D eigenvalue weighted by Crippen LogP contribution is -2.24. The molecule has 1 N–H and O–H groups in total. The van der Waals surface area contributed by atoms with Crippen LogP contribution in [0, 0.1) is 22.0 Å². The Morgan fingerprint density at radius 3 is 2.69 bits per heavy atom. The average Bonchev–Trinajstić information content (AvgIpc) is 2.66. The summed E-state index contributed by atoms with van der Waals surface area (Å²) < 4.78 is 10.0. The number of benzene rings is 2. The number of nitro benzene ring substituents is 1. The fourth-order valence-corrected chi connectivity index (χ4v) is 2.08. The second-order valence-corrected chi connectivity index (χ2v) is 5.18. The van der Waals surface area contributed by atoms with E-state index < -0.39 is 11.0 Å². The summed E-state index contributed by atoms with van der Waals surface area (Å²) in [6, 6.07) is 13.9. The molecule has 1 amide bonds. The van der Waals surface area contributed by atoms with Gasteiger partial charge < -0.3 is 14.8 Å². The van der Waals surface area contributed by atoms with Crippen LogP contribution < -0.4 is 10.1 Å². The third-order valence-electron chi connectivity index (χ3n) is 3.34. The maximum atomic E-state index is 11.6. The van der Waals surface area contributed by atoms with Crippen LogP contribution in [0.15, 0.2) is 48.5 Å². The molecule has 134 valence electrons. The molecule has 7 nitrogen and oxygen atoms in total. The van der Waals surface area contributed by atoms with E-state index in [-0.39, 0.29) is 18.0 Å². The third-order valence-corrected chi connectivity index (χ3v) is 3.34. The topological polar surface area (TPSA) is 90.7 Å². The number of rotatable bonds is 6. The molecule has 26 heavy (non-hydrogen) atoms. The Hall–Kier alpha value is -3.53. The van der Waals surface area contributed by atoms with Gasteiger partial charge in [0, 0.05) is 24.6 Å². The van der Waals surface area contributed by atoms with Gasteiger partial charge in [0.25, 0.3) is 0 Å². The molecule has 0 bridgehead atoms. The molecule has 7 heteroatoms. The fraction of sp³-hybridized carbons (Fsp3) is 0.211. The summed E-state index contributed by atoms with van der Waals surface area (Å²) in [5.74, 6) is 5.86. The van der Waals surface area contributed by atoms with Gasteiger partial charge in [0.15, 0.2) is 5.75 Å². The minimum Gasteiger partial charge on any atom is -0.490 e. The number of hydrogen-bond acceptors (Lipinski definition) is 5. The first-order valence-electron chi connectivity index (χ1n) is 7.86. The van der Waals surface area contributed by atoms with E-state index in [2.05, 4.69) is 17.2 Å². The van der Waals surface area contributed by atoms with Gasteiger partial charge >= 0.3 is 11.8 Å². The van der Waals surface area contributed by atoms with Crippen molar-refractivity contribution in [1.29, 1.82) is 0 Å². The van der Waals surface area contributed by atoms with Gasteiger partial charge in [0.1, 0.15) is 6.61 Å². The molecule has 2 rings (SSSR count). The number of carbonyl (C=O) groups excluding carboxylic acids is 1. The molecule has 0 atom stereocenters. The predicted octanol–water partition coefficient (Wildman–Crippen LogP) is 3.27. The lowest BCUT2D eigenvalue weighted by molar-refractivity contribution is -0.385. The van der Waals surface area contributed by atoms with Gasteiger partial charge in [-0.25, -0.2) is 4.79 Å². The number of carbonyl (C=O) groups is 1. The molecule has 0 heterocycles. The molecular formula is C19H18N2O5. The maximum absolute atomic E-state index is 11.6. The van der Waals surface area contributed by atoms with E-state index >= 15 is 0 Å². The Morgan fingerprint density at radius 1 is 1.23 bits per heavy atom. The highest BCUT2D eigenvalue weighted by molar-refractivity contribution is 5.67. The van der Waals surface area contributed by atoms with E-state index in [9.17, 15) is 14.9 Å². The fourth-order valence-electron chi connectivity index (χ4n) is 2.08. The molecule has 2 aromatic carbocycles. The van der Waals surface area contributed by atoms with Crippen LogP contribution in [-0.4, -0.2) is 24.7 Å². The number of nitrogens with zero attached hydrogens (tertiary/aromatic N) is 1. The lowest BCUT2D eigenvalue weighted by Gasteiger charge is -2.05. The summed E-state index contributed by atoms with van der Waals surface area (Å²) in [4.78, 5) is 22.0.